The second-order valence-corrected chi connectivity index (χ2v) is 4.06. The van der Waals surface area contributed by atoms with Gasteiger partial charge in [0.2, 0.25) is 0 Å². The lowest BCUT2D eigenvalue weighted by molar-refractivity contribution is 0.415. The fourth-order valence-electron chi connectivity index (χ4n) is 1.86. The molecule has 0 amide bonds. The Kier molecular flexibility index (Phi) is 2.98. The quantitative estimate of drug-likeness (QED) is 0.718. The highest BCUT2D eigenvalue weighted by Gasteiger charge is 2.04. The minimum atomic E-state index is 0.808. The summed E-state index contributed by atoms with van der Waals surface area (Å²) >= 11 is 0. The molecule has 19 heavy (non-hydrogen) atoms. The van der Waals surface area contributed by atoms with Crippen molar-refractivity contribution in [3.05, 3.63) is 60.9 Å². The molecule has 0 saturated carbocycles. The standard InChI is InChI=1S/C15H13N3O/c1-19-13-7-5-12(6-8-13)14-9-11-18(17-14)15-4-2-3-10-16-15/h2-11H,1H3. The van der Waals surface area contributed by atoms with E-state index in [1.807, 2.05) is 54.7 Å². The Morgan fingerprint density at radius 1 is 1.00 bits per heavy atom. The van der Waals surface area contributed by atoms with Gasteiger partial charge >= 0.3 is 0 Å². The van der Waals surface area contributed by atoms with Gasteiger partial charge in [0.15, 0.2) is 5.82 Å². The molecule has 3 aromatic rings. The van der Waals surface area contributed by atoms with Crippen LogP contribution in [-0.2, 0) is 0 Å². The van der Waals surface area contributed by atoms with E-state index in [9.17, 15) is 0 Å². The monoisotopic (exact) mass is 251 g/mol. The van der Waals surface area contributed by atoms with Gasteiger partial charge in [0, 0.05) is 18.0 Å². The normalized spacial score (nSPS) is 10.4. The maximum absolute atomic E-state index is 5.14. The van der Waals surface area contributed by atoms with Crippen LogP contribution < -0.4 is 4.74 Å². The summed E-state index contributed by atoms with van der Waals surface area (Å²) in [6.45, 7) is 0. The van der Waals surface area contributed by atoms with Crippen molar-refractivity contribution in [3.8, 4) is 22.8 Å². The van der Waals surface area contributed by atoms with Crippen LogP contribution in [-0.4, -0.2) is 21.9 Å². The Bertz CT molecular complexity index is 659. The van der Waals surface area contributed by atoms with Crippen molar-refractivity contribution in [2.45, 2.75) is 0 Å². The van der Waals surface area contributed by atoms with E-state index in [0.717, 1.165) is 22.8 Å². The highest BCUT2D eigenvalue weighted by atomic mass is 16.5. The lowest BCUT2D eigenvalue weighted by Gasteiger charge is -2.01. The first-order valence-electron chi connectivity index (χ1n) is 5.98. The van der Waals surface area contributed by atoms with Crippen molar-refractivity contribution in [1.82, 2.24) is 14.8 Å². The van der Waals surface area contributed by atoms with Crippen molar-refractivity contribution in [2.24, 2.45) is 0 Å². The van der Waals surface area contributed by atoms with Crippen molar-refractivity contribution in [2.75, 3.05) is 7.11 Å². The SMILES string of the molecule is COc1ccc(-c2ccn(-c3ccccn3)n2)cc1. The minimum Gasteiger partial charge on any atom is -0.497 e. The first-order valence-corrected chi connectivity index (χ1v) is 5.98. The third-order valence-corrected chi connectivity index (χ3v) is 2.86. The van der Waals surface area contributed by atoms with Gasteiger partial charge < -0.3 is 4.74 Å². The van der Waals surface area contributed by atoms with E-state index in [2.05, 4.69) is 10.1 Å². The second-order valence-electron chi connectivity index (χ2n) is 4.06. The van der Waals surface area contributed by atoms with Gasteiger partial charge in [-0.3, -0.25) is 0 Å². The van der Waals surface area contributed by atoms with Crippen LogP contribution >= 0.6 is 0 Å². The van der Waals surface area contributed by atoms with E-state index >= 15 is 0 Å². The molecule has 0 aliphatic carbocycles. The molecule has 0 aliphatic heterocycles. The Morgan fingerprint density at radius 3 is 2.53 bits per heavy atom. The second kappa shape index (κ2) is 4.94. The zero-order chi connectivity index (χ0) is 13.1. The lowest BCUT2D eigenvalue weighted by Crippen LogP contribution is -1.97. The van der Waals surface area contributed by atoms with Crippen LogP contribution in [0, 0.1) is 0 Å². The van der Waals surface area contributed by atoms with Crippen molar-refractivity contribution >= 4 is 0 Å². The topological polar surface area (TPSA) is 39.9 Å². The number of benzene rings is 1. The van der Waals surface area contributed by atoms with Crippen molar-refractivity contribution in [1.29, 1.82) is 0 Å². The molecule has 0 spiro atoms. The lowest BCUT2D eigenvalue weighted by atomic mass is 10.1. The number of nitrogens with zero attached hydrogens (tertiary/aromatic N) is 3. The Balaban J connectivity index is 1.92. The Labute approximate surface area is 111 Å². The first kappa shape index (κ1) is 11.5. The van der Waals surface area contributed by atoms with Crippen LogP contribution in [0.15, 0.2) is 60.9 Å². The van der Waals surface area contributed by atoms with Gasteiger partial charge in [0.1, 0.15) is 5.75 Å². The average Bonchev–Trinajstić information content (AvgIpc) is 2.98. The highest BCUT2D eigenvalue weighted by Crippen LogP contribution is 2.21. The molecule has 2 aromatic heterocycles. The predicted molar refractivity (Wildman–Crippen MR) is 73.3 cm³/mol. The van der Waals surface area contributed by atoms with E-state index in [4.69, 9.17) is 4.74 Å². The van der Waals surface area contributed by atoms with Gasteiger partial charge in [-0.2, -0.15) is 5.10 Å². The molecule has 94 valence electrons. The Morgan fingerprint density at radius 2 is 1.84 bits per heavy atom. The molecule has 0 unspecified atom stereocenters. The van der Waals surface area contributed by atoms with Crippen LogP contribution in [0.4, 0.5) is 0 Å². The number of hydrogen-bond donors (Lipinski definition) is 0. The maximum atomic E-state index is 5.14. The van der Waals surface area contributed by atoms with Gasteiger partial charge in [-0.1, -0.05) is 6.07 Å². The van der Waals surface area contributed by atoms with Crippen LogP contribution in [0.2, 0.25) is 0 Å². The molecule has 0 N–H and O–H groups in total. The van der Waals surface area contributed by atoms with E-state index in [0.29, 0.717) is 0 Å². The summed E-state index contributed by atoms with van der Waals surface area (Å²) in [7, 11) is 1.66. The third kappa shape index (κ3) is 2.33. The summed E-state index contributed by atoms with van der Waals surface area (Å²) in [5.41, 5.74) is 1.96. The van der Waals surface area contributed by atoms with Crippen LogP contribution in [0.3, 0.4) is 0 Å². The molecule has 0 aliphatic rings. The first-order chi connectivity index (χ1) is 9.36. The van der Waals surface area contributed by atoms with E-state index in [1.165, 1.54) is 0 Å². The van der Waals surface area contributed by atoms with Crippen LogP contribution in [0.25, 0.3) is 17.1 Å². The smallest absolute Gasteiger partial charge is 0.153 e. The molecule has 0 radical (unpaired) electrons. The van der Waals surface area contributed by atoms with E-state index < -0.39 is 0 Å². The molecule has 0 bridgehead atoms. The minimum absolute atomic E-state index is 0.808. The number of rotatable bonds is 3. The molecule has 4 heteroatoms. The number of ether oxygens (including phenoxy) is 1. The summed E-state index contributed by atoms with van der Waals surface area (Å²) in [5, 5.41) is 4.52. The molecule has 4 nitrogen and oxygen atoms in total. The largest absolute Gasteiger partial charge is 0.497 e. The zero-order valence-electron chi connectivity index (χ0n) is 10.5. The van der Waals surface area contributed by atoms with Crippen molar-refractivity contribution in [3.63, 3.8) is 0 Å². The molecule has 3 rings (SSSR count). The number of hydrogen-bond acceptors (Lipinski definition) is 3. The molecule has 0 atom stereocenters. The molecule has 1 aromatic carbocycles. The molecule has 2 heterocycles. The summed E-state index contributed by atoms with van der Waals surface area (Å²) < 4.78 is 6.91. The number of aromatic nitrogens is 3. The Hall–Kier alpha value is -2.62. The van der Waals surface area contributed by atoms with Crippen LogP contribution in [0.5, 0.6) is 5.75 Å². The fourth-order valence-corrected chi connectivity index (χ4v) is 1.86. The van der Waals surface area contributed by atoms with Gasteiger partial charge in [-0.25, -0.2) is 9.67 Å². The van der Waals surface area contributed by atoms with Crippen LogP contribution in [0.1, 0.15) is 0 Å². The number of methoxy groups -OCH3 is 1. The van der Waals surface area contributed by atoms with Gasteiger partial charge in [0.05, 0.1) is 12.8 Å². The van der Waals surface area contributed by atoms with Gasteiger partial charge in [-0.05, 0) is 42.5 Å². The summed E-state index contributed by atoms with van der Waals surface area (Å²) in [6.07, 6.45) is 3.66. The third-order valence-electron chi connectivity index (χ3n) is 2.86. The maximum Gasteiger partial charge on any atom is 0.153 e. The molecule has 0 fully saturated rings. The average molecular weight is 251 g/mol. The van der Waals surface area contributed by atoms with Crippen molar-refractivity contribution < 1.29 is 4.74 Å². The predicted octanol–water partition coefficient (Wildman–Crippen LogP) is 2.94. The highest BCUT2D eigenvalue weighted by molar-refractivity contribution is 5.59. The molecular formula is C15H13N3O. The van der Waals surface area contributed by atoms with Gasteiger partial charge in [0.25, 0.3) is 0 Å². The summed E-state index contributed by atoms with van der Waals surface area (Å²) in [6, 6.07) is 15.5. The fraction of sp³-hybridized carbons (Fsp3) is 0.0667. The summed E-state index contributed by atoms with van der Waals surface area (Å²) in [4.78, 5) is 4.26. The van der Waals surface area contributed by atoms with E-state index in [1.54, 1.807) is 18.0 Å². The molecular weight excluding hydrogens is 238 g/mol. The summed E-state index contributed by atoms with van der Waals surface area (Å²) in [5.74, 6) is 1.65. The zero-order valence-corrected chi connectivity index (χ0v) is 10.5. The van der Waals surface area contributed by atoms with E-state index in [-0.39, 0.29) is 0 Å². The number of pyridine rings is 1. The van der Waals surface area contributed by atoms with Gasteiger partial charge in [-0.15, -0.1) is 0 Å². The molecule has 0 saturated heterocycles.